The molecule has 7 heteroatoms. The van der Waals surface area contributed by atoms with Crippen molar-refractivity contribution < 1.29 is 14.7 Å². The van der Waals surface area contributed by atoms with E-state index in [-0.39, 0.29) is 11.9 Å². The maximum atomic E-state index is 12.1. The first-order valence-electron chi connectivity index (χ1n) is 5.12. The van der Waals surface area contributed by atoms with Crippen molar-refractivity contribution in [2.24, 2.45) is 0 Å². The van der Waals surface area contributed by atoms with Gasteiger partial charge in [0.1, 0.15) is 6.04 Å². The number of hydrogen-bond donors (Lipinski definition) is 2. The Kier molecular flexibility index (Phi) is 3.99. The maximum absolute atomic E-state index is 12.1. The van der Waals surface area contributed by atoms with Crippen molar-refractivity contribution in [3.05, 3.63) is 0 Å². The fraction of sp³-hybridized carbons (Fsp3) is 0.778. The topological polar surface area (TPSA) is 69.6 Å². The van der Waals surface area contributed by atoms with E-state index in [4.69, 9.17) is 5.11 Å². The molecule has 0 aliphatic carbocycles. The van der Waals surface area contributed by atoms with Crippen LogP contribution in [0.2, 0.25) is 0 Å². The molecule has 0 saturated carbocycles. The van der Waals surface area contributed by atoms with Gasteiger partial charge >= 0.3 is 5.97 Å². The van der Waals surface area contributed by atoms with Crippen LogP contribution in [-0.2, 0) is 9.59 Å². The minimum absolute atomic E-state index is 0.0577. The zero-order valence-electron chi connectivity index (χ0n) is 8.72. The van der Waals surface area contributed by atoms with Crippen LogP contribution in [0.4, 0.5) is 0 Å². The second-order valence-electron chi connectivity index (χ2n) is 3.73. The first-order valence-corrected chi connectivity index (χ1v) is 7.43. The normalized spacial score (nSPS) is 30.4. The molecule has 0 aromatic heterocycles. The maximum Gasteiger partial charge on any atom is 0.327 e. The van der Waals surface area contributed by atoms with Gasteiger partial charge in [0.15, 0.2) is 0 Å². The minimum atomic E-state index is -0.897. The summed E-state index contributed by atoms with van der Waals surface area (Å²) in [5.74, 6) is 1.89. The lowest BCUT2D eigenvalue weighted by Gasteiger charge is -2.34. The molecule has 2 aliphatic heterocycles. The second kappa shape index (κ2) is 5.29. The number of carboxylic acid groups (broad SMARTS) is 1. The molecule has 2 saturated heterocycles. The lowest BCUT2D eigenvalue weighted by Crippen LogP contribution is -2.55. The molecule has 0 spiro atoms. The molecule has 5 nitrogen and oxygen atoms in total. The Labute approximate surface area is 102 Å². The van der Waals surface area contributed by atoms with E-state index in [1.165, 1.54) is 4.90 Å². The number of nitrogens with zero attached hydrogens (tertiary/aromatic N) is 1. The zero-order chi connectivity index (χ0) is 11.5. The van der Waals surface area contributed by atoms with Crippen LogP contribution in [-0.4, -0.2) is 63.6 Å². The van der Waals surface area contributed by atoms with Gasteiger partial charge in [0, 0.05) is 29.7 Å². The third-order valence-electron chi connectivity index (χ3n) is 2.71. The molecule has 2 atom stereocenters. The van der Waals surface area contributed by atoms with Gasteiger partial charge in [-0.15, -0.1) is 11.8 Å². The number of carboxylic acids is 1. The summed E-state index contributed by atoms with van der Waals surface area (Å²) in [5, 5.41) is 12.2. The summed E-state index contributed by atoms with van der Waals surface area (Å²) in [6.07, 6.45) is 0. The molecule has 2 rings (SSSR count). The van der Waals surface area contributed by atoms with E-state index in [0.29, 0.717) is 12.3 Å². The third kappa shape index (κ3) is 2.46. The quantitative estimate of drug-likeness (QED) is 0.711. The first kappa shape index (κ1) is 12.1. The highest BCUT2D eigenvalue weighted by Gasteiger charge is 2.36. The summed E-state index contributed by atoms with van der Waals surface area (Å²) in [6, 6.07) is -0.853. The Morgan fingerprint density at radius 2 is 2.12 bits per heavy atom. The summed E-state index contributed by atoms with van der Waals surface area (Å²) in [5.41, 5.74) is 0. The Morgan fingerprint density at radius 1 is 1.31 bits per heavy atom. The molecule has 90 valence electrons. The molecule has 0 radical (unpaired) electrons. The van der Waals surface area contributed by atoms with Crippen molar-refractivity contribution in [2.45, 2.75) is 12.1 Å². The molecule has 2 N–H and O–H groups in total. The van der Waals surface area contributed by atoms with Gasteiger partial charge in [-0.1, -0.05) is 0 Å². The SMILES string of the molecule is O=C(O)C1CSCCN1C(=O)C1CSCN1. The van der Waals surface area contributed by atoms with Crippen molar-refractivity contribution in [2.75, 3.05) is 29.7 Å². The van der Waals surface area contributed by atoms with Gasteiger partial charge in [-0.3, -0.25) is 10.1 Å². The smallest absolute Gasteiger partial charge is 0.327 e. The molecule has 2 unspecified atom stereocenters. The van der Waals surface area contributed by atoms with E-state index >= 15 is 0 Å². The van der Waals surface area contributed by atoms with Gasteiger partial charge in [-0.2, -0.15) is 11.8 Å². The highest BCUT2D eigenvalue weighted by atomic mass is 32.2. The zero-order valence-corrected chi connectivity index (χ0v) is 10.4. The number of thioether (sulfide) groups is 2. The molecule has 1 amide bonds. The van der Waals surface area contributed by atoms with Crippen LogP contribution in [0.1, 0.15) is 0 Å². The average molecular weight is 262 g/mol. The van der Waals surface area contributed by atoms with E-state index in [9.17, 15) is 9.59 Å². The molecule has 0 aromatic carbocycles. The summed E-state index contributed by atoms with van der Waals surface area (Å²) in [6.45, 7) is 0.545. The first-order chi connectivity index (χ1) is 7.70. The predicted octanol–water partition coefficient (Wildman–Crippen LogP) is -0.323. The standard InChI is InChI=1S/C9H14N2O3S2/c12-8(6-3-16-5-10-6)11-1-2-15-4-7(11)9(13)14/h6-7,10H,1-5H2,(H,13,14). The fourth-order valence-electron chi connectivity index (χ4n) is 1.83. The van der Waals surface area contributed by atoms with Crippen LogP contribution < -0.4 is 5.32 Å². The molecule has 2 aliphatic rings. The summed E-state index contributed by atoms with van der Waals surface area (Å²) in [7, 11) is 0. The Bertz CT molecular complexity index is 294. The van der Waals surface area contributed by atoms with Gasteiger partial charge in [-0.05, 0) is 0 Å². The molecule has 2 fully saturated rings. The van der Waals surface area contributed by atoms with E-state index < -0.39 is 12.0 Å². The number of carbonyl (C=O) groups is 2. The number of carbonyl (C=O) groups excluding carboxylic acids is 1. The lowest BCUT2D eigenvalue weighted by atomic mass is 10.2. The molecule has 0 aromatic rings. The van der Waals surface area contributed by atoms with Crippen LogP contribution in [0, 0.1) is 0 Å². The molecular formula is C9H14N2O3S2. The molecule has 0 bridgehead atoms. The lowest BCUT2D eigenvalue weighted by molar-refractivity contribution is -0.149. The van der Waals surface area contributed by atoms with Gasteiger partial charge in [0.25, 0.3) is 0 Å². The largest absolute Gasteiger partial charge is 0.480 e. The average Bonchev–Trinajstić information content (AvgIpc) is 2.81. The Morgan fingerprint density at radius 3 is 2.75 bits per heavy atom. The van der Waals surface area contributed by atoms with Crippen LogP contribution in [0.25, 0.3) is 0 Å². The van der Waals surface area contributed by atoms with Crippen molar-refractivity contribution in [1.29, 1.82) is 0 Å². The summed E-state index contributed by atoms with van der Waals surface area (Å²) in [4.78, 5) is 24.7. The van der Waals surface area contributed by atoms with Crippen molar-refractivity contribution in [3.63, 3.8) is 0 Å². The van der Waals surface area contributed by atoms with Crippen molar-refractivity contribution in [1.82, 2.24) is 10.2 Å². The third-order valence-corrected chi connectivity index (χ3v) is 4.67. The second-order valence-corrected chi connectivity index (χ2v) is 5.91. The van der Waals surface area contributed by atoms with Crippen LogP contribution in [0.3, 0.4) is 0 Å². The number of rotatable bonds is 2. The van der Waals surface area contributed by atoms with Crippen molar-refractivity contribution in [3.8, 4) is 0 Å². The number of amides is 1. The fourth-order valence-corrected chi connectivity index (χ4v) is 3.80. The van der Waals surface area contributed by atoms with Crippen LogP contribution in [0.15, 0.2) is 0 Å². The number of nitrogens with one attached hydrogen (secondary N) is 1. The monoisotopic (exact) mass is 262 g/mol. The summed E-state index contributed by atoms with van der Waals surface area (Å²) >= 11 is 3.27. The van der Waals surface area contributed by atoms with E-state index in [2.05, 4.69) is 5.32 Å². The summed E-state index contributed by atoms with van der Waals surface area (Å²) < 4.78 is 0. The predicted molar refractivity (Wildman–Crippen MR) is 64.7 cm³/mol. The number of aliphatic carboxylic acids is 1. The Hall–Kier alpha value is -0.400. The molecule has 16 heavy (non-hydrogen) atoms. The minimum Gasteiger partial charge on any atom is -0.480 e. The van der Waals surface area contributed by atoms with Gasteiger partial charge < -0.3 is 10.0 Å². The van der Waals surface area contributed by atoms with Crippen molar-refractivity contribution >= 4 is 35.4 Å². The van der Waals surface area contributed by atoms with Gasteiger partial charge in [0.05, 0.1) is 6.04 Å². The van der Waals surface area contributed by atoms with Gasteiger partial charge in [-0.25, -0.2) is 4.79 Å². The molecule has 2 heterocycles. The van der Waals surface area contributed by atoms with E-state index in [0.717, 1.165) is 17.4 Å². The van der Waals surface area contributed by atoms with Gasteiger partial charge in [0.2, 0.25) is 5.91 Å². The van der Waals surface area contributed by atoms with E-state index in [1.54, 1.807) is 23.5 Å². The number of hydrogen-bond acceptors (Lipinski definition) is 5. The molecular weight excluding hydrogens is 248 g/mol. The highest BCUT2D eigenvalue weighted by molar-refractivity contribution is 7.99. The van der Waals surface area contributed by atoms with E-state index in [1.807, 2.05) is 0 Å². The Balaban J connectivity index is 2.04. The highest BCUT2D eigenvalue weighted by Crippen LogP contribution is 2.20. The van der Waals surface area contributed by atoms with Crippen LogP contribution >= 0.6 is 23.5 Å². The van der Waals surface area contributed by atoms with Crippen LogP contribution in [0.5, 0.6) is 0 Å².